The first kappa shape index (κ1) is 17.6. The third-order valence-corrected chi connectivity index (χ3v) is 4.85. The molecule has 5 nitrogen and oxygen atoms in total. The molecule has 1 saturated carbocycles. The molecule has 1 aliphatic carbocycles. The highest BCUT2D eigenvalue weighted by Crippen LogP contribution is 2.41. The first-order valence-corrected chi connectivity index (χ1v) is 7.76. The lowest BCUT2D eigenvalue weighted by Crippen LogP contribution is -2.40. The SMILES string of the molecule is COC(=O)C1(C(=O)Cc2c(C)cc(C)cc2C)CC(O)C(O)C1. The van der Waals surface area contributed by atoms with Gasteiger partial charge in [-0.2, -0.15) is 0 Å². The number of carbonyl (C=O) groups excluding carboxylic acids is 2. The summed E-state index contributed by atoms with van der Waals surface area (Å²) in [6, 6.07) is 4.00. The lowest BCUT2D eigenvalue weighted by molar-refractivity contribution is -0.158. The molecule has 23 heavy (non-hydrogen) atoms. The maximum absolute atomic E-state index is 12.9. The molecule has 0 aliphatic heterocycles. The third-order valence-electron chi connectivity index (χ3n) is 4.85. The molecule has 2 rings (SSSR count). The Hall–Kier alpha value is -1.72. The molecule has 126 valence electrons. The van der Waals surface area contributed by atoms with Gasteiger partial charge in [-0.25, -0.2) is 0 Å². The summed E-state index contributed by atoms with van der Waals surface area (Å²) in [7, 11) is 1.22. The van der Waals surface area contributed by atoms with Crippen molar-refractivity contribution in [3.8, 4) is 0 Å². The van der Waals surface area contributed by atoms with E-state index in [2.05, 4.69) is 0 Å². The number of esters is 1. The van der Waals surface area contributed by atoms with Gasteiger partial charge in [0.25, 0.3) is 0 Å². The minimum Gasteiger partial charge on any atom is -0.468 e. The van der Waals surface area contributed by atoms with Crippen LogP contribution in [0.5, 0.6) is 0 Å². The highest BCUT2D eigenvalue weighted by Gasteiger charge is 2.55. The van der Waals surface area contributed by atoms with Crippen molar-refractivity contribution < 1.29 is 24.5 Å². The van der Waals surface area contributed by atoms with E-state index < -0.39 is 23.6 Å². The Morgan fingerprint density at radius 3 is 2.04 bits per heavy atom. The molecule has 0 amide bonds. The molecule has 1 aromatic rings. The van der Waals surface area contributed by atoms with Crippen LogP contribution in [0.15, 0.2) is 12.1 Å². The zero-order valence-corrected chi connectivity index (χ0v) is 14.0. The fraction of sp³-hybridized carbons (Fsp3) is 0.556. The number of ether oxygens (including phenoxy) is 1. The average molecular weight is 320 g/mol. The summed E-state index contributed by atoms with van der Waals surface area (Å²) in [5.41, 5.74) is 2.53. The average Bonchev–Trinajstić information content (AvgIpc) is 2.78. The van der Waals surface area contributed by atoms with E-state index in [1.807, 2.05) is 32.9 Å². The monoisotopic (exact) mass is 320 g/mol. The minimum absolute atomic E-state index is 0.0898. The molecule has 0 radical (unpaired) electrons. The molecule has 2 N–H and O–H groups in total. The third kappa shape index (κ3) is 3.16. The number of benzene rings is 1. The van der Waals surface area contributed by atoms with Gasteiger partial charge in [-0.15, -0.1) is 0 Å². The van der Waals surface area contributed by atoms with E-state index in [1.165, 1.54) is 7.11 Å². The van der Waals surface area contributed by atoms with Gasteiger partial charge in [0.2, 0.25) is 0 Å². The van der Waals surface area contributed by atoms with Crippen LogP contribution >= 0.6 is 0 Å². The zero-order chi connectivity index (χ0) is 17.4. The molecule has 5 heteroatoms. The van der Waals surface area contributed by atoms with Crippen LogP contribution in [-0.2, 0) is 20.7 Å². The van der Waals surface area contributed by atoms with Crippen LogP contribution in [0.25, 0.3) is 0 Å². The van der Waals surface area contributed by atoms with Crippen LogP contribution in [0.2, 0.25) is 0 Å². The van der Waals surface area contributed by atoms with Gasteiger partial charge in [0, 0.05) is 6.42 Å². The molecule has 2 unspecified atom stereocenters. The molecule has 1 fully saturated rings. The molecule has 0 spiro atoms. The Labute approximate surface area is 136 Å². The van der Waals surface area contributed by atoms with Gasteiger partial charge in [-0.1, -0.05) is 17.7 Å². The molecule has 2 atom stereocenters. The number of ketones is 1. The number of rotatable bonds is 4. The summed E-state index contributed by atoms with van der Waals surface area (Å²) in [5, 5.41) is 19.7. The number of Topliss-reactive ketones (excluding diaryl/α,β-unsaturated/α-hetero) is 1. The number of aliphatic hydroxyl groups is 2. The first-order valence-electron chi connectivity index (χ1n) is 7.76. The predicted molar refractivity (Wildman–Crippen MR) is 85.1 cm³/mol. The second-order valence-electron chi connectivity index (χ2n) is 6.59. The Bertz CT molecular complexity index is 601. The Balaban J connectivity index is 2.35. The molecule has 1 aliphatic rings. The van der Waals surface area contributed by atoms with Gasteiger partial charge in [0.05, 0.1) is 19.3 Å². The van der Waals surface area contributed by atoms with Gasteiger partial charge < -0.3 is 14.9 Å². The van der Waals surface area contributed by atoms with Gasteiger partial charge in [-0.05, 0) is 50.3 Å². The number of aryl methyl sites for hydroxylation is 3. The van der Waals surface area contributed by atoms with Crippen LogP contribution in [0.3, 0.4) is 0 Å². The number of hydrogen-bond acceptors (Lipinski definition) is 5. The van der Waals surface area contributed by atoms with Crippen molar-refractivity contribution in [3.63, 3.8) is 0 Å². The second kappa shape index (κ2) is 6.42. The molecule has 0 saturated heterocycles. The zero-order valence-electron chi connectivity index (χ0n) is 14.0. The lowest BCUT2D eigenvalue weighted by atomic mass is 9.78. The molecule has 1 aromatic carbocycles. The van der Waals surface area contributed by atoms with Gasteiger partial charge in [0.15, 0.2) is 5.78 Å². The van der Waals surface area contributed by atoms with E-state index in [4.69, 9.17) is 4.74 Å². The quantitative estimate of drug-likeness (QED) is 0.647. The minimum atomic E-state index is -1.46. The summed E-state index contributed by atoms with van der Waals surface area (Å²) in [5.74, 6) is -0.990. The fourth-order valence-electron chi connectivity index (χ4n) is 3.59. The van der Waals surface area contributed by atoms with Crippen molar-refractivity contribution in [3.05, 3.63) is 34.4 Å². The lowest BCUT2D eigenvalue weighted by Gasteiger charge is -2.25. The van der Waals surface area contributed by atoms with Crippen LogP contribution in [-0.4, -0.2) is 41.3 Å². The van der Waals surface area contributed by atoms with Crippen LogP contribution in [0.4, 0.5) is 0 Å². The number of hydrogen-bond donors (Lipinski definition) is 2. The van der Waals surface area contributed by atoms with E-state index >= 15 is 0 Å². The van der Waals surface area contributed by atoms with Crippen molar-refractivity contribution in [2.75, 3.05) is 7.11 Å². The molecule has 0 bridgehead atoms. The predicted octanol–water partition coefficient (Wildman–Crippen LogP) is 1.40. The molecule has 0 heterocycles. The number of aliphatic hydroxyl groups excluding tert-OH is 2. The highest BCUT2D eigenvalue weighted by molar-refractivity contribution is 6.05. The van der Waals surface area contributed by atoms with Crippen molar-refractivity contribution in [2.24, 2.45) is 5.41 Å². The molecular weight excluding hydrogens is 296 g/mol. The van der Waals surface area contributed by atoms with Gasteiger partial charge >= 0.3 is 5.97 Å². The first-order chi connectivity index (χ1) is 10.7. The van der Waals surface area contributed by atoms with Crippen molar-refractivity contribution >= 4 is 11.8 Å². The van der Waals surface area contributed by atoms with E-state index in [1.54, 1.807) is 0 Å². The topological polar surface area (TPSA) is 83.8 Å². The summed E-state index contributed by atoms with van der Waals surface area (Å²) >= 11 is 0. The number of carbonyl (C=O) groups is 2. The van der Waals surface area contributed by atoms with Crippen LogP contribution < -0.4 is 0 Å². The Morgan fingerprint density at radius 1 is 1.13 bits per heavy atom. The summed E-state index contributed by atoms with van der Waals surface area (Å²) in [6.07, 6.45) is -2.27. The highest BCUT2D eigenvalue weighted by atomic mass is 16.5. The summed E-state index contributed by atoms with van der Waals surface area (Å²) in [6.45, 7) is 5.86. The maximum Gasteiger partial charge on any atom is 0.319 e. The van der Waals surface area contributed by atoms with Crippen LogP contribution in [0.1, 0.15) is 35.1 Å². The van der Waals surface area contributed by atoms with E-state index in [9.17, 15) is 19.8 Å². The standard InChI is InChI=1S/C18H24O5/c1-10-5-11(2)13(12(3)6-10)7-16(21)18(17(22)23-4)8-14(19)15(20)9-18/h5-6,14-15,19-20H,7-9H2,1-4H3. The maximum atomic E-state index is 12.9. The normalized spacial score (nSPS) is 27.0. The van der Waals surface area contributed by atoms with Crippen molar-refractivity contribution in [1.82, 2.24) is 0 Å². The fourth-order valence-corrected chi connectivity index (χ4v) is 3.59. The summed E-state index contributed by atoms with van der Waals surface area (Å²) in [4.78, 5) is 25.1. The van der Waals surface area contributed by atoms with Crippen LogP contribution in [0, 0.1) is 26.2 Å². The van der Waals surface area contributed by atoms with Crippen molar-refractivity contribution in [1.29, 1.82) is 0 Å². The Kier molecular flexibility index (Phi) is 4.92. The Morgan fingerprint density at radius 2 is 1.61 bits per heavy atom. The molecular formula is C18H24O5. The van der Waals surface area contributed by atoms with E-state index in [0.29, 0.717) is 0 Å². The van der Waals surface area contributed by atoms with Crippen molar-refractivity contribution in [2.45, 2.75) is 52.2 Å². The van der Waals surface area contributed by atoms with E-state index in [0.717, 1.165) is 22.3 Å². The smallest absolute Gasteiger partial charge is 0.319 e. The van der Waals surface area contributed by atoms with Gasteiger partial charge in [0.1, 0.15) is 5.41 Å². The summed E-state index contributed by atoms with van der Waals surface area (Å²) < 4.78 is 4.79. The van der Waals surface area contributed by atoms with Gasteiger partial charge in [-0.3, -0.25) is 9.59 Å². The molecule has 0 aromatic heterocycles. The van der Waals surface area contributed by atoms with E-state index in [-0.39, 0.29) is 25.0 Å². The number of methoxy groups -OCH3 is 1. The largest absolute Gasteiger partial charge is 0.468 e. The second-order valence-corrected chi connectivity index (χ2v) is 6.59.